The van der Waals surface area contributed by atoms with Crippen LogP contribution in [0.25, 0.3) is 0 Å². The molecular weight excluding hydrogens is 128 g/mol. The van der Waals surface area contributed by atoms with Crippen molar-refractivity contribution in [3.05, 3.63) is 0 Å². The first-order valence-corrected chi connectivity index (χ1v) is 3.75. The van der Waals surface area contributed by atoms with Gasteiger partial charge in [-0.25, -0.2) is 0 Å². The van der Waals surface area contributed by atoms with E-state index in [2.05, 4.69) is 0 Å². The molecule has 0 atom stereocenters. The summed E-state index contributed by atoms with van der Waals surface area (Å²) in [5.74, 6) is 0. The van der Waals surface area contributed by atoms with Crippen LogP contribution in [0, 0.1) is 5.41 Å². The van der Waals surface area contributed by atoms with Crippen molar-refractivity contribution in [2.75, 3.05) is 13.1 Å². The molecule has 10 heavy (non-hydrogen) atoms. The number of hydroxylamine groups is 2. The first kappa shape index (κ1) is 7.98. The van der Waals surface area contributed by atoms with E-state index in [1.807, 2.05) is 0 Å². The molecule has 3 heteroatoms. The summed E-state index contributed by atoms with van der Waals surface area (Å²) in [4.78, 5) is 0. The fraction of sp³-hybridized carbons (Fsp3) is 1.00. The maximum atomic E-state index is 9.12. The van der Waals surface area contributed by atoms with Crippen LogP contribution >= 0.6 is 0 Å². The van der Waals surface area contributed by atoms with Crippen LogP contribution in [-0.4, -0.2) is 23.4 Å². The lowest BCUT2D eigenvalue weighted by Gasteiger charge is -2.27. The van der Waals surface area contributed by atoms with Crippen LogP contribution < -0.4 is 6.15 Å². The summed E-state index contributed by atoms with van der Waals surface area (Å²) in [6.07, 6.45) is 5.24. The van der Waals surface area contributed by atoms with E-state index >= 15 is 0 Å². The number of rotatable bonds is 0. The fourth-order valence-electron chi connectivity index (χ4n) is 1.77. The minimum absolute atomic E-state index is 0. The SMILES string of the molecule is N.ON1CCCC2(CC2)C1.[HH]. The van der Waals surface area contributed by atoms with Gasteiger partial charge in [-0.2, -0.15) is 5.06 Å². The van der Waals surface area contributed by atoms with Gasteiger partial charge < -0.3 is 11.4 Å². The highest BCUT2D eigenvalue weighted by Crippen LogP contribution is 2.51. The van der Waals surface area contributed by atoms with Gasteiger partial charge in [-0.1, -0.05) is 0 Å². The Morgan fingerprint density at radius 3 is 2.40 bits per heavy atom. The van der Waals surface area contributed by atoms with Gasteiger partial charge in [0, 0.05) is 14.5 Å². The van der Waals surface area contributed by atoms with E-state index in [0.29, 0.717) is 5.41 Å². The lowest BCUT2D eigenvalue weighted by molar-refractivity contribution is -0.122. The molecule has 62 valence electrons. The molecule has 2 rings (SSSR count). The first-order chi connectivity index (χ1) is 4.31. The molecule has 0 radical (unpaired) electrons. The Morgan fingerprint density at radius 2 is 2.00 bits per heavy atom. The quantitative estimate of drug-likeness (QED) is 0.546. The van der Waals surface area contributed by atoms with Crippen LogP contribution in [0.4, 0.5) is 0 Å². The smallest absolute Gasteiger partial charge is 0.0294 e. The molecule has 2 aliphatic rings. The number of nitrogens with zero attached hydrogens (tertiary/aromatic N) is 1. The average molecular weight is 146 g/mol. The van der Waals surface area contributed by atoms with Gasteiger partial charge >= 0.3 is 0 Å². The molecule has 0 aromatic carbocycles. The molecule has 0 aromatic rings. The third kappa shape index (κ3) is 1.31. The second-order valence-electron chi connectivity index (χ2n) is 3.49. The molecule has 1 aliphatic heterocycles. The Labute approximate surface area is 63.0 Å². The van der Waals surface area contributed by atoms with Crippen LogP contribution in [0.2, 0.25) is 0 Å². The predicted octanol–water partition coefficient (Wildman–Crippen LogP) is 1.66. The van der Waals surface area contributed by atoms with E-state index < -0.39 is 0 Å². The van der Waals surface area contributed by atoms with E-state index in [9.17, 15) is 0 Å². The van der Waals surface area contributed by atoms with Gasteiger partial charge in [-0.3, -0.25) is 0 Å². The number of piperidine rings is 1. The minimum atomic E-state index is 0. The van der Waals surface area contributed by atoms with Crippen molar-refractivity contribution >= 4 is 0 Å². The monoisotopic (exact) mass is 146 g/mol. The summed E-state index contributed by atoms with van der Waals surface area (Å²) >= 11 is 0. The van der Waals surface area contributed by atoms with Gasteiger partial charge in [0.25, 0.3) is 0 Å². The van der Waals surface area contributed by atoms with Gasteiger partial charge in [0.05, 0.1) is 0 Å². The highest BCUT2D eigenvalue weighted by atomic mass is 16.5. The standard InChI is InChI=1S/C7H13NO.H3N.H2/c9-8-5-1-2-7(6-8)3-4-7;;/h9H,1-6H2;1H3;1H. The molecular formula is C7H18N2O. The number of hydrogen-bond acceptors (Lipinski definition) is 3. The zero-order chi connectivity index (χ0) is 6.32. The summed E-state index contributed by atoms with van der Waals surface area (Å²) in [7, 11) is 0. The topological polar surface area (TPSA) is 58.5 Å². The minimum Gasteiger partial charge on any atom is -0.344 e. The van der Waals surface area contributed by atoms with Crippen molar-refractivity contribution in [3.63, 3.8) is 0 Å². The van der Waals surface area contributed by atoms with Gasteiger partial charge in [0.1, 0.15) is 0 Å². The molecule has 1 saturated heterocycles. The average Bonchev–Trinajstić information content (AvgIpc) is 2.49. The van der Waals surface area contributed by atoms with E-state index in [1.54, 1.807) is 0 Å². The van der Waals surface area contributed by atoms with Gasteiger partial charge in [0.15, 0.2) is 0 Å². The number of hydrogen-bond donors (Lipinski definition) is 2. The van der Waals surface area contributed by atoms with Crippen molar-refractivity contribution < 1.29 is 6.63 Å². The third-order valence-corrected chi connectivity index (χ3v) is 2.60. The second kappa shape index (κ2) is 2.49. The van der Waals surface area contributed by atoms with E-state index in [1.165, 1.54) is 30.7 Å². The highest BCUT2D eigenvalue weighted by molar-refractivity contribution is 4.96. The lowest BCUT2D eigenvalue weighted by Crippen LogP contribution is -2.33. The van der Waals surface area contributed by atoms with Crippen LogP contribution in [0.5, 0.6) is 0 Å². The molecule has 0 amide bonds. The van der Waals surface area contributed by atoms with Crippen molar-refractivity contribution in [3.8, 4) is 0 Å². The molecule has 3 nitrogen and oxygen atoms in total. The zero-order valence-electron chi connectivity index (χ0n) is 6.34. The Hall–Kier alpha value is -0.120. The molecule has 1 saturated carbocycles. The largest absolute Gasteiger partial charge is 0.344 e. The van der Waals surface area contributed by atoms with Crippen molar-refractivity contribution in [1.82, 2.24) is 11.2 Å². The van der Waals surface area contributed by atoms with Gasteiger partial charge in [0.2, 0.25) is 0 Å². The van der Waals surface area contributed by atoms with Crippen LogP contribution in [0.3, 0.4) is 0 Å². The highest BCUT2D eigenvalue weighted by Gasteiger charge is 2.45. The van der Waals surface area contributed by atoms with Crippen molar-refractivity contribution in [1.29, 1.82) is 0 Å². The molecule has 0 aromatic heterocycles. The molecule has 4 N–H and O–H groups in total. The summed E-state index contributed by atoms with van der Waals surface area (Å²) in [5.41, 5.74) is 0.576. The van der Waals surface area contributed by atoms with Gasteiger partial charge in [-0.15, -0.1) is 0 Å². The Kier molecular flexibility index (Phi) is 1.99. The summed E-state index contributed by atoms with van der Waals surface area (Å²) in [6.45, 7) is 1.83. The molecule has 0 bridgehead atoms. The van der Waals surface area contributed by atoms with Gasteiger partial charge in [-0.05, 0) is 31.1 Å². The van der Waals surface area contributed by atoms with Crippen LogP contribution in [-0.2, 0) is 0 Å². The normalized spacial score (nSPS) is 29.7. The van der Waals surface area contributed by atoms with Crippen molar-refractivity contribution in [2.45, 2.75) is 25.7 Å². The predicted molar refractivity (Wildman–Crippen MR) is 41.4 cm³/mol. The lowest BCUT2D eigenvalue weighted by atomic mass is 9.97. The molecule has 1 heterocycles. The molecule has 1 spiro atoms. The Bertz CT molecular complexity index is 128. The second-order valence-corrected chi connectivity index (χ2v) is 3.49. The third-order valence-electron chi connectivity index (χ3n) is 2.60. The first-order valence-electron chi connectivity index (χ1n) is 3.75. The summed E-state index contributed by atoms with van der Waals surface area (Å²) < 4.78 is 0. The summed E-state index contributed by atoms with van der Waals surface area (Å²) in [5, 5.41) is 10.6. The van der Waals surface area contributed by atoms with Crippen molar-refractivity contribution in [2.24, 2.45) is 5.41 Å². The zero-order valence-corrected chi connectivity index (χ0v) is 6.34. The van der Waals surface area contributed by atoms with Crippen LogP contribution in [0.15, 0.2) is 0 Å². The molecule has 1 aliphatic carbocycles. The van der Waals surface area contributed by atoms with Crippen LogP contribution in [0.1, 0.15) is 27.1 Å². The maximum Gasteiger partial charge on any atom is 0.0294 e. The molecule has 0 unspecified atom stereocenters. The van der Waals surface area contributed by atoms with E-state index in [0.717, 1.165) is 13.1 Å². The van der Waals surface area contributed by atoms with E-state index in [-0.39, 0.29) is 7.58 Å². The molecule has 2 fully saturated rings. The Morgan fingerprint density at radius 1 is 1.30 bits per heavy atom. The summed E-state index contributed by atoms with van der Waals surface area (Å²) in [6, 6.07) is 0. The maximum absolute atomic E-state index is 9.12. The van der Waals surface area contributed by atoms with E-state index in [4.69, 9.17) is 5.21 Å². The Balaban J connectivity index is 0.000000500. The fourth-order valence-corrected chi connectivity index (χ4v) is 1.77.